The number of rotatable bonds is 5. The summed E-state index contributed by atoms with van der Waals surface area (Å²) >= 11 is 1.43. The lowest BCUT2D eigenvalue weighted by atomic mass is 10.1. The van der Waals surface area contributed by atoms with Crippen molar-refractivity contribution in [2.45, 2.75) is 6.54 Å². The average molecular weight is 341 g/mol. The number of hydrogen-bond acceptors (Lipinski definition) is 6. The topological polar surface area (TPSA) is 72.3 Å². The monoisotopic (exact) mass is 341 g/mol. The predicted molar refractivity (Wildman–Crippen MR) is 93.6 cm³/mol. The molecule has 0 spiro atoms. The minimum Gasteiger partial charge on any atom is -0.301 e. The summed E-state index contributed by atoms with van der Waals surface area (Å²) in [5.74, 6) is -0.00880. The molecule has 2 heterocycles. The maximum Gasteiger partial charge on any atom is 0.240 e. The van der Waals surface area contributed by atoms with Crippen molar-refractivity contribution in [2.75, 3.05) is 38.0 Å². The Labute approximate surface area is 145 Å². The van der Waals surface area contributed by atoms with Gasteiger partial charge in [-0.2, -0.15) is 5.26 Å². The van der Waals surface area contributed by atoms with Gasteiger partial charge in [-0.3, -0.25) is 14.6 Å². The lowest BCUT2D eigenvalue weighted by Gasteiger charge is -2.34. The summed E-state index contributed by atoms with van der Waals surface area (Å²) in [7, 11) is 0. The van der Waals surface area contributed by atoms with Crippen LogP contribution in [0.3, 0.4) is 0 Å². The molecule has 1 aliphatic heterocycles. The van der Waals surface area contributed by atoms with Crippen LogP contribution in [0.15, 0.2) is 35.8 Å². The van der Waals surface area contributed by atoms with Crippen LogP contribution in [0, 0.1) is 11.3 Å². The van der Waals surface area contributed by atoms with Gasteiger partial charge in [0.25, 0.3) is 0 Å². The zero-order valence-corrected chi connectivity index (χ0v) is 14.1. The highest BCUT2D eigenvalue weighted by atomic mass is 32.1. The second-order valence-electron chi connectivity index (χ2n) is 5.75. The molecule has 1 amide bonds. The van der Waals surface area contributed by atoms with Crippen molar-refractivity contribution in [1.29, 1.82) is 5.26 Å². The number of carbonyl (C=O) groups is 1. The number of piperazine rings is 1. The normalized spacial score (nSPS) is 15.8. The molecular formula is C17H19N5OS. The van der Waals surface area contributed by atoms with Gasteiger partial charge in [-0.15, -0.1) is 11.3 Å². The van der Waals surface area contributed by atoms with Gasteiger partial charge in [-0.25, -0.2) is 4.98 Å². The molecule has 24 heavy (non-hydrogen) atoms. The summed E-state index contributed by atoms with van der Waals surface area (Å²) in [5, 5.41) is 14.1. The van der Waals surface area contributed by atoms with Gasteiger partial charge in [-0.05, 0) is 17.7 Å². The van der Waals surface area contributed by atoms with Crippen LogP contribution in [0.2, 0.25) is 0 Å². The minimum absolute atomic E-state index is 0.00880. The Hall–Kier alpha value is -2.27. The Kier molecular flexibility index (Phi) is 5.54. The molecule has 1 aromatic heterocycles. The van der Waals surface area contributed by atoms with Gasteiger partial charge in [-0.1, -0.05) is 12.1 Å². The van der Waals surface area contributed by atoms with Crippen LogP contribution >= 0.6 is 11.3 Å². The van der Waals surface area contributed by atoms with E-state index in [1.165, 1.54) is 16.9 Å². The molecule has 1 aromatic carbocycles. The molecule has 0 aliphatic carbocycles. The zero-order chi connectivity index (χ0) is 16.8. The van der Waals surface area contributed by atoms with Crippen LogP contribution in [0.25, 0.3) is 0 Å². The number of carbonyl (C=O) groups excluding carboxylic acids is 1. The molecule has 1 N–H and O–H groups in total. The predicted octanol–water partition coefficient (Wildman–Crippen LogP) is 1.77. The molecule has 1 saturated heterocycles. The first-order chi connectivity index (χ1) is 11.7. The molecule has 0 bridgehead atoms. The van der Waals surface area contributed by atoms with Gasteiger partial charge in [0.05, 0.1) is 18.2 Å². The second kappa shape index (κ2) is 8.02. The lowest BCUT2D eigenvalue weighted by molar-refractivity contribution is -0.117. The highest BCUT2D eigenvalue weighted by molar-refractivity contribution is 7.13. The number of nitrogens with one attached hydrogen (secondary N) is 1. The zero-order valence-electron chi connectivity index (χ0n) is 13.3. The van der Waals surface area contributed by atoms with E-state index in [1.54, 1.807) is 6.20 Å². The number of amides is 1. The first kappa shape index (κ1) is 16.6. The smallest absolute Gasteiger partial charge is 0.240 e. The summed E-state index contributed by atoms with van der Waals surface area (Å²) in [5.41, 5.74) is 1.90. The molecule has 124 valence electrons. The fraction of sp³-hybridized carbons (Fsp3) is 0.353. The number of nitrogens with zero attached hydrogens (tertiary/aromatic N) is 4. The van der Waals surface area contributed by atoms with E-state index < -0.39 is 0 Å². The van der Waals surface area contributed by atoms with Crippen molar-refractivity contribution in [2.24, 2.45) is 0 Å². The van der Waals surface area contributed by atoms with E-state index in [1.807, 2.05) is 29.6 Å². The lowest BCUT2D eigenvalue weighted by Crippen LogP contribution is -2.48. The molecule has 1 aliphatic rings. The molecule has 2 aromatic rings. The van der Waals surface area contributed by atoms with E-state index in [0.29, 0.717) is 17.2 Å². The summed E-state index contributed by atoms with van der Waals surface area (Å²) in [6, 6.07) is 9.86. The number of hydrogen-bond donors (Lipinski definition) is 1. The van der Waals surface area contributed by atoms with Gasteiger partial charge < -0.3 is 5.32 Å². The van der Waals surface area contributed by atoms with E-state index in [0.717, 1.165) is 32.7 Å². The van der Waals surface area contributed by atoms with Gasteiger partial charge in [0.15, 0.2) is 5.13 Å². The number of anilines is 1. The fourth-order valence-corrected chi connectivity index (χ4v) is 3.24. The third kappa shape index (κ3) is 4.61. The molecule has 3 rings (SSSR count). The summed E-state index contributed by atoms with van der Waals surface area (Å²) in [4.78, 5) is 20.6. The van der Waals surface area contributed by atoms with Crippen LogP contribution in [0.4, 0.5) is 5.13 Å². The second-order valence-corrected chi connectivity index (χ2v) is 6.64. The Morgan fingerprint density at radius 2 is 1.92 bits per heavy atom. The Balaban J connectivity index is 1.42. The number of aromatic nitrogens is 1. The van der Waals surface area contributed by atoms with Crippen molar-refractivity contribution in [1.82, 2.24) is 14.8 Å². The van der Waals surface area contributed by atoms with E-state index in [2.05, 4.69) is 26.2 Å². The third-order valence-corrected chi connectivity index (χ3v) is 4.69. The SMILES string of the molecule is N#Cc1ccc(CN2CCN(CC(=O)Nc3nccs3)CC2)cc1. The molecule has 6 nitrogen and oxygen atoms in total. The average Bonchev–Trinajstić information content (AvgIpc) is 3.10. The van der Waals surface area contributed by atoms with E-state index >= 15 is 0 Å². The fourth-order valence-electron chi connectivity index (χ4n) is 2.70. The number of thiazole rings is 1. The van der Waals surface area contributed by atoms with E-state index in [4.69, 9.17) is 5.26 Å². The number of benzene rings is 1. The first-order valence-corrected chi connectivity index (χ1v) is 8.74. The molecule has 0 unspecified atom stereocenters. The van der Waals surface area contributed by atoms with E-state index in [-0.39, 0.29) is 5.91 Å². The summed E-state index contributed by atoms with van der Waals surface area (Å²) in [6.45, 7) is 4.91. The summed E-state index contributed by atoms with van der Waals surface area (Å²) in [6.07, 6.45) is 1.68. The van der Waals surface area contributed by atoms with E-state index in [9.17, 15) is 4.79 Å². The van der Waals surface area contributed by atoms with Crippen LogP contribution in [0.5, 0.6) is 0 Å². The van der Waals surface area contributed by atoms with Crippen molar-refractivity contribution < 1.29 is 4.79 Å². The minimum atomic E-state index is -0.00880. The molecule has 0 saturated carbocycles. The first-order valence-electron chi connectivity index (χ1n) is 7.86. The molecular weight excluding hydrogens is 322 g/mol. The van der Waals surface area contributed by atoms with Gasteiger partial charge in [0.1, 0.15) is 0 Å². The highest BCUT2D eigenvalue weighted by Gasteiger charge is 2.19. The van der Waals surface area contributed by atoms with Gasteiger partial charge in [0.2, 0.25) is 5.91 Å². The van der Waals surface area contributed by atoms with Crippen LogP contribution < -0.4 is 5.32 Å². The van der Waals surface area contributed by atoms with Crippen molar-refractivity contribution in [3.63, 3.8) is 0 Å². The Bertz CT molecular complexity index is 700. The highest BCUT2D eigenvalue weighted by Crippen LogP contribution is 2.12. The molecule has 7 heteroatoms. The molecule has 0 atom stereocenters. The van der Waals surface area contributed by atoms with Crippen LogP contribution in [-0.4, -0.2) is 53.4 Å². The van der Waals surface area contributed by atoms with Crippen molar-refractivity contribution in [3.8, 4) is 6.07 Å². The maximum absolute atomic E-state index is 12.0. The standard InChI is InChI=1S/C17H19N5OS/c18-11-14-1-3-15(4-2-14)12-21-6-8-22(9-7-21)13-16(23)20-17-19-5-10-24-17/h1-5,10H,6-9,12-13H2,(H,19,20,23). The quantitative estimate of drug-likeness (QED) is 0.897. The maximum atomic E-state index is 12.0. The number of nitriles is 1. The van der Waals surface area contributed by atoms with Crippen molar-refractivity contribution >= 4 is 22.4 Å². The summed E-state index contributed by atoms with van der Waals surface area (Å²) < 4.78 is 0. The largest absolute Gasteiger partial charge is 0.301 e. The van der Waals surface area contributed by atoms with Crippen LogP contribution in [-0.2, 0) is 11.3 Å². The Morgan fingerprint density at radius 1 is 1.21 bits per heavy atom. The molecule has 1 fully saturated rings. The van der Waals surface area contributed by atoms with Gasteiger partial charge in [0, 0.05) is 44.3 Å². The van der Waals surface area contributed by atoms with Crippen molar-refractivity contribution in [3.05, 3.63) is 47.0 Å². The van der Waals surface area contributed by atoms with Crippen LogP contribution in [0.1, 0.15) is 11.1 Å². The molecule has 0 radical (unpaired) electrons. The Morgan fingerprint density at radius 3 is 2.54 bits per heavy atom. The third-order valence-electron chi connectivity index (χ3n) is 4.00. The van der Waals surface area contributed by atoms with Gasteiger partial charge >= 0.3 is 0 Å².